The molecule has 2 heterocycles. The number of hydrogen-bond acceptors (Lipinski definition) is 4. The fourth-order valence-corrected chi connectivity index (χ4v) is 3.95. The SMILES string of the molecule is CC1CN(Cc2ccc(Cn3c(=O)[nH]c4ccccc4c3=O)cc2)CC(C)O1. The number of morpholine rings is 1. The summed E-state index contributed by atoms with van der Waals surface area (Å²) in [6.45, 7) is 7.18. The first-order valence-corrected chi connectivity index (χ1v) is 9.67. The molecular weight excluding hydrogens is 354 g/mol. The van der Waals surface area contributed by atoms with Crippen LogP contribution in [-0.4, -0.2) is 39.7 Å². The molecule has 0 amide bonds. The number of aromatic amines is 1. The van der Waals surface area contributed by atoms with Crippen molar-refractivity contribution in [3.05, 3.63) is 80.5 Å². The zero-order chi connectivity index (χ0) is 19.7. The van der Waals surface area contributed by atoms with Gasteiger partial charge in [-0.3, -0.25) is 14.3 Å². The van der Waals surface area contributed by atoms with Crippen molar-refractivity contribution < 1.29 is 4.74 Å². The van der Waals surface area contributed by atoms with Crippen molar-refractivity contribution in [2.24, 2.45) is 0 Å². The lowest BCUT2D eigenvalue weighted by molar-refractivity contribution is -0.0704. The Morgan fingerprint density at radius 3 is 2.21 bits per heavy atom. The minimum atomic E-state index is -0.385. The van der Waals surface area contributed by atoms with E-state index in [-0.39, 0.29) is 30.0 Å². The first-order chi connectivity index (χ1) is 13.5. The quantitative estimate of drug-likeness (QED) is 0.756. The van der Waals surface area contributed by atoms with Gasteiger partial charge in [0, 0.05) is 19.6 Å². The van der Waals surface area contributed by atoms with E-state index in [1.54, 1.807) is 24.3 Å². The minimum Gasteiger partial charge on any atom is -0.373 e. The summed E-state index contributed by atoms with van der Waals surface area (Å²) in [5, 5.41) is 0.522. The third-order valence-corrected chi connectivity index (χ3v) is 5.15. The van der Waals surface area contributed by atoms with Crippen LogP contribution in [0.25, 0.3) is 10.9 Å². The molecule has 1 aromatic heterocycles. The van der Waals surface area contributed by atoms with E-state index >= 15 is 0 Å². The Hall–Kier alpha value is -2.70. The molecule has 1 N–H and O–H groups in total. The normalized spacial score (nSPS) is 20.5. The van der Waals surface area contributed by atoms with Crippen LogP contribution in [0.1, 0.15) is 25.0 Å². The van der Waals surface area contributed by atoms with Gasteiger partial charge in [-0.1, -0.05) is 36.4 Å². The third kappa shape index (κ3) is 3.93. The number of aromatic nitrogens is 2. The van der Waals surface area contributed by atoms with Gasteiger partial charge in [0.25, 0.3) is 5.56 Å². The largest absolute Gasteiger partial charge is 0.373 e. The highest BCUT2D eigenvalue weighted by molar-refractivity contribution is 5.76. The van der Waals surface area contributed by atoms with Crippen molar-refractivity contribution in [3.8, 4) is 0 Å². The Bertz CT molecular complexity index is 1070. The maximum absolute atomic E-state index is 12.7. The molecule has 0 saturated carbocycles. The summed E-state index contributed by atoms with van der Waals surface area (Å²) in [5.41, 5.74) is 2.06. The lowest BCUT2D eigenvalue weighted by Crippen LogP contribution is -2.44. The van der Waals surface area contributed by atoms with Gasteiger partial charge in [-0.15, -0.1) is 0 Å². The number of nitrogens with zero attached hydrogens (tertiary/aromatic N) is 2. The van der Waals surface area contributed by atoms with Gasteiger partial charge in [0.15, 0.2) is 0 Å². The fourth-order valence-electron chi connectivity index (χ4n) is 3.95. The van der Waals surface area contributed by atoms with E-state index in [4.69, 9.17) is 4.74 Å². The molecule has 1 saturated heterocycles. The highest BCUT2D eigenvalue weighted by atomic mass is 16.5. The number of fused-ring (bicyclic) bond motifs is 1. The first kappa shape index (κ1) is 18.7. The molecule has 146 valence electrons. The highest BCUT2D eigenvalue weighted by Gasteiger charge is 2.21. The van der Waals surface area contributed by atoms with E-state index in [9.17, 15) is 9.59 Å². The van der Waals surface area contributed by atoms with Gasteiger partial charge in [0.1, 0.15) is 0 Å². The molecule has 1 aliphatic heterocycles. The van der Waals surface area contributed by atoms with E-state index in [1.165, 1.54) is 10.1 Å². The summed E-state index contributed by atoms with van der Waals surface area (Å²) in [7, 11) is 0. The maximum atomic E-state index is 12.7. The average molecular weight is 379 g/mol. The van der Waals surface area contributed by atoms with Gasteiger partial charge in [0.05, 0.1) is 29.7 Å². The van der Waals surface area contributed by atoms with Crippen LogP contribution in [0.2, 0.25) is 0 Å². The molecule has 4 rings (SSSR count). The molecule has 0 aliphatic carbocycles. The summed E-state index contributed by atoms with van der Waals surface area (Å²) >= 11 is 0. The Kier molecular flexibility index (Phi) is 5.15. The molecule has 28 heavy (non-hydrogen) atoms. The fraction of sp³-hybridized carbons (Fsp3) is 0.364. The Balaban J connectivity index is 1.52. The van der Waals surface area contributed by atoms with E-state index in [1.807, 2.05) is 12.1 Å². The zero-order valence-electron chi connectivity index (χ0n) is 16.2. The van der Waals surface area contributed by atoms with Crippen molar-refractivity contribution >= 4 is 10.9 Å². The predicted octanol–water partition coefficient (Wildman–Crippen LogP) is 2.35. The van der Waals surface area contributed by atoms with Gasteiger partial charge in [-0.2, -0.15) is 0 Å². The summed E-state index contributed by atoms with van der Waals surface area (Å²) in [6.07, 6.45) is 0.490. The van der Waals surface area contributed by atoms with Crippen LogP contribution in [0.4, 0.5) is 0 Å². The maximum Gasteiger partial charge on any atom is 0.329 e. The second kappa shape index (κ2) is 7.73. The molecule has 2 unspecified atom stereocenters. The van der Waals surface area contributed by atoms with Crippen LogP contribution in [0.15, 0.2) is 58.1 Å². The van der Waals surface area contributed by atoms with Crippen molar-refractivity contribution in [1.82, 2.24) is 14.5 Å². The van der Waals surface area contributed by atoms with Crippen molar-refractivity contribution in [3.63, 3.8) is 0 Å². The molecule has 0 radical (unpaired) electrons. The topological polar surface area (TPSA) is 67.3 Å². The number of benzene rings is 2. The summed E-state index contributed by atoms with van der Waals surface area (Å²) in [5.74, 6) is 0. The summed E-state index contributed by atoms with van der Waals surface area (Å²) in [6, 6.07) is 15.2. The van der Waals surface area contributed by atoms with Crippen LogP contribution in [0.5, 0.6) is 0 Å². The van der Waals surface area contributed by atoms with Crippen molar-refractivity contribution in [2.45, 2.75) is 39.1 Å². The number of ether oxygens (including phenoxy) is 1. The van der Waals surface area contributed by atoms with Crippen LogP contribution in [0.3, 0.4) is 0 Å². The van der Waals surface area contributed by atoms with Crippen LogP contribution in [-0.2, 0) is 17.8 Å². The van der Waals surface area contributed by atoms with Crippen LogP contribution < -0.4 is 11.2 Å². The third-order valence-electron chi connectivity index (χ3n) is 5.15. The lowest BCUT2D eigenvalue weighted by Gasteiger charge is -2.35. The van der Waals surface area contributed by atoms with Crippen molar-refractivity contribution in [2.75, 3.05) is 13.1 Å². The average Bonchev–Trinajstić information content (AvgIpc) is 2.66. The van der Waals surface area contributed by atoms with E-state index < -0.39 is 0 Å². The molecule has 6 nitrogen and oxygen atoms in total. The van der Waals surface area contributed by atoms with Crippen molar-refractivity contribution in [1.29, 1.82) is 0 Å². The first-order valence-electron chi connectivity index (χ1n) is 9.67. The number of nitrogens with one attached hydrogen (secondary N) is 1. The van der Waals surface area contributed by atoms with E-state index in [0.29, 0.717) is 10.9 Å². The lowest BCUT2D eigenvalue weighted by atomic mass is 10.1. The van der Waals surface area contributed by atoms with Gasteiger partial charge in [-0.25, -0.2) is 4.79 Å². The van der Waals surface area contributed by atoms with Crippen LogP contribution in [0, 0.1) is 0 Å². The molecular formula is C22H25N3O3. The van der Waals surface area contributed by atoms with E-state index in [2.05, 4.69) is 35.9 Å². The Morgan fingerprint density at radius 1 is 0.929 bits per heavy atom. The molecule has 3 aromatic rings. The smallest absolute Gasteiger partial charge is 0.329 e. The zero-order valence-corrected chi connectivity index (χ0v) is 16.2. The number of H-pyrrole nitrogens is 1. The van der Waals surface area contributed by atoms with Gasteiger partial charge >= 0.3 is 5.69 Å². The van der Waals surface area contributed by atoms with Crippen LogP contribution >= 0.6 is 0 Å². The number of hydrogen-bond donors (Lipinski definition) is 1. The number of rotatable bonds is 4. The standard InChI is InChI=1S/C22H25N3O3/c1-15-11-24(12-16(2)28-15)13-17-7-9-18(10-8-17)14-25-21(26)19-5-3-4-6-20(19)23-22(25)27/h3-10,15-16H,11-14H2,1-2H3,(H,23,27). The van der Waals surface area contributed by atoms with Gasteiger partial charge in [-0.05, 0) is 37.1 Å². The Labute approximate surface area is 163 Å². The molecule has 2 aromatic carbocycles. The van der Waals surface area contributed by atoms with Gasteiger partial charge < -0.3 is 9.72 Å². The summed E-state index contributed by atoms with van der Waals surface area (Å²) < 4.78 is 7.04. The molecule has 2 atom stereocenters. The molecule has 6 heteroatoms. The minimum absolute atomic E-state index is 0.245. The van der Waals surface area contributed by atoms with Gasteiger partial charge in [0.2, 0.25) is 0 Å². The second-order valence-corrected chi connectivity index (χ2v) is 7.63. The summed E-state index contributed by atoms with van der Waals surface area (Å²) in [4.78, 5) is 30.2. The number of para-hydroxylation sites is 1. The molecule has 1 fully saturated rings. The predicted molar refractivity (Wildman–Crippen MR) is 110 cm³/mol. The Morgan fingerprint density at radius 2 is 1.54 bits per heavy atom. The molecule has 0 bridgehead atoms. The van der Waals surface area contributed by atoms with E-state index in [0.717, 1.165) is 25.2 Å². The second-order valence-electron chi connectivity index (χ2n) is 7.63. The molecule has 1 aliphatic rings. The monoisotopic (exact) mass is 379 g/mol. The molecule has 0 spiro atoms. The highest BCUT2D eigenvalue weighted by Crippen LogP contribution is 2.15.